The molecule has 23 heavy (non-hydrogen) atoms. The van der Waals surface area contributed by atoms with Crippen molar-refractivity contribution in [1.29, 1.82) is 0 Å². The van der Waals surface area contributed by atoms with Crippen LogP contribution in [0.2, 0.25) is 0 Å². The lowest BCUT2D eigenvalue weighted by Gasteiger charge is -2.37. The minimum absolute atomic E-state index is 0. The topological polar surface area (TPSA) is 55.3 Å². The Morgan fingerprint density at radius 3 is 2.57 bits per heavy atom. The Hall–Kier alpha value is -0.120. The number of nitrogens with zero attached hydrogens (tertiary/aromatic N) is 2. The van der Waals surface area contributed by atoms with Crippen LogP contribution in [0.4, 0.5) is 0 Å². The molecule has 3 aliphatic rings. The van der Waals surface area contributed by atoms with Crippen LogP contribution < -0.4 is 5.32 Å². The lowest BCUT2D eigenvalue weighted by Crippen LogP contribution is -2.53. The van der Waals surface area contributed by atoms with E-state index >= 15 is 0 Å². The van der Waals surface area contributed by atoms with Gasteiger partial charge in [-0.25, -0.2) is 0 Å². The average molecular weight is 439 g/mol. The van der Waals surface area contributed by atoms with Crippen LogP contribution in [0.15, 0.2) is 4.99 Å². The van der Waals surface area contributed by atoms with Crippen molar-refractivity contribution in [3.63, 3.8) is 0 Å². The molecule has 134 valence electrons. The molecule has 3 rings (SSSR count). The van der Waals surface area contributed by atoms with Crippen LogP contribution in [-0.4, -0.2) is 75.2 Å². The summed E-state index contributed by atoms with van der Waals surface area (Å²) >= 11 is 0. The first-order valence-electron chi connectivity index (χ1n) is 8.75. The van der Waals surface area contributed by atoms with E-state index in [-0.39, 0.29) is 36.2 Å². The molecule has 0 amide bonds. The fourth-order valence-corrected chi connectivity index (χ4v) is 3.39. The highest BCUT2D eigenvalue weighted by Gasteiger charge is 2.32. The second-order valence-electron chi connectivity index (χ2n) is 6.24. The van der Waals surface area contributed by atoms with E-state index in [0.717, 1.165) is 77.6 Å². The summed E-state index contributed by atoms with van der Waals surface area (Å²) in [5, 5.41) is 3.41. The first-order valence-corrected chi connectivity index (χ1v) is 8.75. The van der Waals surface area contributed by atoms with E-state index in [1.54, 1.807) is 0 Å². The zero-order valence-electron chi connectivity index (χ0n) is 14.0. The maximum atomic E-state index is 5.92. The average Bonchev–Trinajstić information content (AvgIpc) is 3.24. The fraction of sp³-hybridized carbons (Fsp3) is 0.938. The molecular formula is C16H30IN3O3. The third-order valence-electron chi connectivity index (χ3n) is 4.58. The van der Waals surface area contributed by atoms with Gasteiger partial charge in [-0.05, 0) is 32.6 Å². The first-order chi connectivity index (χ1) is 10.9. The van der Waals surface area contributed by atoms with Crippen LogP contribution in [0.3, 0.4) is 0 Å². The number of aliphatic imine (C=N–C) groups is 1. The van der Waals surface area contributed by atoms with Crippen molar-refractivity contribution in [3.8, 4) is 0 Å². The Morgan fingerprint density at radius 1 is 1.09 bits per heavy atom. The summed E-state index contributed by atoms with van der Waals surface area (Å²) in [4.78, 5) is 7.10. The molecule has 1 N–H and O–H groups in total. The van der Waals surface area contributed by atoms with E-state index in [4.69, 9.17) is 19.2 Å². The van der Waals surface area contributed by atoms with Crippen LogP contribution in [0.5, 0.6) is 0 Å². The Balaban J connectivity index is 0.00000192. The van der Waals surface area contributed by atoms with Crippen molar-refractivity contribution in [2.24, 2.45) is 4.99 Å². The van der Waals surface area contributed by atoms with Crippen molar-refractivity contribution in [2.45, 2.75) is 50.9 Å². The van der Waals surface area contributed by atoms with E-state index in [1.807, 2.05) is 0 Å². The molecule has 3 fully saturated rings. The van der Waals surface area contributed by atoms with Crippen molar-refractivity contribution in [1.82, 2.24) is 10.2 Å². The molecule has 3 unspecified atom stereocenters. The molecule has 0 spiro atoms. The van der Waals surface area contributed by atoms with Gasteiger partial charge in [0.05, 0.1) is 25.4 Å². The molecule has 0 radical (unpaired) electrons. The molecule has 0 bridgehead atoms. The Kier molecular flexibility index (Phi) is 8.35. The minimum Gasteiger partial charge on any atom is -0.376 e. The van der Waals surface area contributed by atoms with Gasteiger partial charge in [0.1, 0.15) is 6.10 Å². The van der Waals surface area contributed by atoms with Gasteiger partial charge in [-0.2, -0.15) is 0 Å². The van der Waals surface area contributed by atoms with Gasteiger partial charge in [0, 0.05) is 32.8 Å². The number of morpholine rings is 1. The van der Waals surface area contributed by atoms with Crippen LogP contribution in [0, 0.1) is 0 Å². The molecule has 3 aliphatic heterocycles. The molecule has 0 aromatic rings. The number of rotatable bonds is 4. The summed E-state index contributed by atoms with van der Waals surface area (Å²) in [7, 11) is 0. The van der Waals surface area contributed by atoms with E-state index in [9.17, 15) is 0 Å². The zero-order chi connectivity index (χ0) is 15.2. The second kappa shape index (κ2) is 10.0. The molecule has 0 aliphatic carbocycles. The molecule has 7 heteroatoms. The van der Waals surface area contributed by atoms with Crippen LogP contribution >= 0.6 is 24.0 Å². The number of guanidine groups is 1. The highest BCUT2D eigenvalue weighted by atomic mass is 127. The van der Waals surface area contributed by atoms with Crippen molar-refractivity contribution < 1.29 is 14.2 Å². The van der Waals surface area contributed by atoms with E-state index < -0.39 is 0 Å². The van der Waals surface area contributed by atoms with Crippen LogP contribution in [-0.2, 0) is 14.2 Å². The lowest BCUT2D eigenvalue weighted by atomic mass is 10.1. The highest BCUT2D eigenvalue weighted by Crippen LogP contribution is 2.21. The molecular weight excluding hydrogens is 409 g/mol. The maximum absolute atomic E-state index is 5.92. The standard InChI is InChI=1S/C16H29N3O3.HI/c1-2-17-16(18-11-13-5-3-8-20-13)19-7-10-22-15(12-19)14-6-4-9-21-14;/h13-15H,2-12H2,1H3,(H,17,18);1H. The summed E-state index contributed by atoms with van der Waals surface area (Å²) in [6.45, 7) is 8.00. The van der Waals surface area contributed by atoms with Crippen molar-refractivity contribution in [3.05, 3.63) is 0 Å². The first kappa shape index (κ1) is 19.2. The van der Waals surface area contributed by atoms with Gasteiger partial charge in [0.25, 0.3) is 0 Å². The van der Waals surface area contributed by atoms with Gasteiger partial charge < -0.3 is 24.4 Å². The Labute approximate surface area is 156 Å². The van der Waals surface area contributed by atoms with Gasteiger partial charge >= 0.3 is 0 Å². The van der Waals surface area contributed by atoms with E-state index in [2.05, 4.69) is 17.1 Å². The molecule has 0 saturated carbocycles. The van der Waals surface area contributed by atoms with Crippen molar-refractivity contribution >= 4 is 29.9 Å². The van der Waals surface area contributed by atoms with Gasteiger partial charge in [-0.15, -0.1) is 24.0 Å². The second-order valence-corrected chi connectivity index (χ2v) is 6.24. The zero-order valence-corrected chi connectivity index (χ0v) is 16.4. The normalized spacial score (nSPS) is 32.0. The van der Waals surface area contributed by atoms with E-state index in [0.29, 0.717) is 6.10 Å². The number of hydrogen-bond acceptors (Lipinski definition) is 4. The van der Waals surface area contributed by atoms with Gasteiger partial charge in [0.2, 0.25) is 0 Å². The van der Waals surface area contributed by atoms with Crippen molar-refractivity contribution in [2.75, 3.05) is 46.0 Å². The quantitative estimate of drug-likeness (QED) is 0.410. The SMILES string of the molecule is CCNC(=NCC1CCCO1)N1CCOC(C2CCCO2)C1.I. The largest absolute Gasteiger partial charge is 0.376 e. The maximum Gasteiger partial charge on any atom is 0.194 e. The predicted octanol–water partition coefficient (Wildman–Crippen LogP) is 1.63. The van der Waals surface area contributed by atoms with E-state index in [1.165, 1.54) is 0 Å². The molecule has 3 atom stereocenters. The van der Waals surface area contributed by atoms with Gasteiger partial charge in [0.15, 0.2) is 5.96 Å². The minimum atomic E-state index is 0. The summed E-state index contributed by atoms with van der Waals surface area (Å²) in [5.41, 5.74) is 0. The van der Waals surface area contributed by atoms with Crippen LogP contribution in [0.25, 0.3) is 0 Å². The summed E-state index contributed by atoms with van der Waals surface area (Å²) in [6, 6.07) is 0. The predicted molar refractivity (Wildman–Crippen MR) is 101 cm³/mol. The Morgan fingerprint density at radius 2 is 1.87 bits per heavy atom. The third-order valence-corrected chi connectivity index (χ3v) is 4.58. The van der Waals surface area contributed by atoms with Gasteiger partial charge in [-0.3, -0.25) is 4.99 Å². The Bertz CT molecular complexity index is 372. The third kappa shape index (κ3) is 5.44. The molecule has 6 nitrogen and oxygen atoms in total. The monoisotopic (exact) mass is 439 g/mol. The number of halogens is 1. The molecule has 0 aromatic heterocycles. The summed E-state index contributed by atoms with van der Waals surface area (Å²) < 4.78 is 17.4. The highest BCUT2D eigenvalue weighted by molar-refractivity contribution is 14.0. The number of hydrogen-bond donors (Lipinski definition) is 1. The van der Waals surface area contributed by atoms with Crippen LogP contribution in [0.1, 0.15) is 32.6 Å². The molecule has 3 heterocycles. The molecule has 0 aromatic carbocycles. The van der Waals surface area contributed by atoms with Gasteiger partial charge in [-0.1, -0.05) is 0 Å². The fourth-order valence-electron chi connectivity index (χ4n) is 3.39. The smallest absolute Gasteiger partial charge is 0.194 e. The summed E-state index contributed by atoms with van der Waals surface area (Å²) in [6.07, 6.45) is 5.27. The molecule has 3 saturated heterocycles. The number of nitrogens with one attached hydrogen (secondary N) is 1. The summed E-state index contributed by atoms with van der Waals surface area (Å²) in [5.74, 6) is 0.990. The lowest BCUT2D eigenvalue weighted by molar-refractivity contribution is -0.0817. The number of ether oxygens (including phenoxy) is 3.